The summed E-state index contributed by atoms with van der Waals surface area (Å²) in [4.78, 5) is 24.3. The number of hydrogen-bond donors (Lipinski definition) is 0. The molecule has 0 aliphatic carbocycles. The van der Waals surface area contributed by atoms with Gasteiger partial charge < -0.3 is 9.30 Å². The second kappa shape index (κ2) is 6.58. The summed E-state index contributed by atoms with van der Waals surface area (Å²) in [6.07, 6.45) is 1.62. The van der Waals surface area contributed by atoms with Gasteiger partial charge in [-0.2, -0.15) is 0 Å². The first-order valence-electron chi connectivity index (χ1n) is 6.15. The van der Waals surface area contributed by atoms with Crippen molar-refractivity contribution < 1.29 is 9.53 Å². The van der Waals surface area contributed by atoms with Gasteiger partial charge in [0.2, 0.25) is 0 Å². The molecule has 0 amide bonds. The molecule has 1 aromatic heterocycles. The van der Waals surface area contributed by atoms with E-state index in [2.05, 4.69) is 31.9 Å². The van der Waals surface area contributed by atoms with Gasteiger partial charge in [0.15, 0.2) is 5.78 Å². The quantitative estimate of drug-likeness (QED) is 0.718. The van der Waals surface area contributed by atoms with Crippen LogP contribution < -0.4 is 10.3 Å². The number of rotatable bonds is 4. The topological polar surface area (TPSA) is 48.3 Å². The van der Waals surface area contributed by atoms with Crippen LogP contribution in [0, 0.1) is 6.92 Å². The second-order valence-corrected chi connectivity index (χ2v) is 6.32. The predicted molar refractivity (Wildman–Crippen MR) is 88.2 cm³/mol. The molecule has 0 atom stereocenters. The standard InChI is InChI=1S/C15H13Br2NO3/c1-9-5-11(16)7-18(15(9)20)8-13(19)10-3-4-14(21-2)12(17)6-10/h3-7H,8H2,1-2H3. The molecule has 0 spiro atoms. The molecule has 6 heteroatoms. The Morgan fingerprint density at radius 2 is 2.00 bits per heavy atom. The third-order valence-electron chi connectivity index (χ3n) is 3.02. The molecular formula is C15H13Br2NO3. The van der Waals surface area contributed by atoms with Crippen LogP contribution in [0.1, 0.15) is 15.9 Å². The van der Waals surface area contributed by atoms with Crippen molar-refractivity contribution in [2.75, 3.05) is 7.11 Å². The van der Waals surface area contributed by atoms with Crippen molar-refractivity contribution >= 4 is 37.6 Å². The van der Waals surface area contributed by atoms with Crippen LogP contribution in [-0.2, 0) is 6.54 Å². The minimum absolute atomic E-state index is 0.00210. The van der Waals surface area contributed by atoms with Gasteiger partial charge in [-0.15, -0.1) is 0 Å². The van der Waals surface area contributed by atoms with Gasteiger partial charge in [0.05, 0.1) is 18.1 Å². The Hall–Kier alpha value is -1.40. The summed E-state index contributed by atoms with van der Waals surface area (Å²) in [6, 6.07) is 6.82. The van der Waals surface area contributed by atoms with Gasteiger partial charge in [0.1, 0.15) is 5.75 Å². The molecular weight excluding hydrogens is 402 g/mol. The molecule has 2 aromatic rings. The van der Waals surface area contributed by atoms with Crippen LogP contribution in [-0.4, -0.2) is 17.5 Å². The Morgan fingerprint density at radius 3 is 2.62 bits per heavy atom. The summed E-state index contributed by atoms with van der Waals surface area (Å²) >= 11 is 6.67. The summed E-state index contributed by atoms with van der Waals surface area (Å²) in [7, 11) is 1.56. The van der Waals surface area contributed by atoms with Crippen molar-refractivity contribution in [3.8, 4) is 5.75 Å². The highest BCUT2D eigenvalue weighted by atomic mass is 79.9. The third-order valence-corrected chi connectivity index (χ3v) is 4.07. The van der Waals surface area contributed by atoms with Gasteiger partial charge in [-0.05, 0) is 63.0 Å². The first-order valence-corrected chi connectivity index (χ1v) is 7.74. The number of Topliss-reactive ketones (excluding diaryl/α,β-unsaturated/α-hetero) is 1. The normalized spacial score (nSPS) is 10.5. The lowest BCUT2D eigenvalue weighted by Crippen LogP contribution is -2.25. The number of carbonyl (C=O) groups excluding carboxylic acids is 1. The van der Waals surface area contributed by atoms with Crippen LogP contribution in [0.4, 0.5) is 0 Å². The highest BCUT2D eigenvalue weighted by molar-refractivity contribution is 9.10. The van der Waals surface area contributed by atoms with E-state index in [-0.39, 0.29) is 17.9 Å². The Morgan fingerprint density at radius 1 is 1.29 bits per heavy atom. The molecule has 0 saturated carbocycles. The second-order valence-electron chi connectivity index (χ2n) is 4.55. The van der Waals surface area contributed by atoms with E-state index in [1.165, 1.54) is 4.57 Å². The van der Waals surface area contributed by atoms with E-state index in [0.29, 0.717) is 21.3 Å². The maximum absolute atomic E-state index is 12.3. The summed E-state index contributed by atoms with van der Waals surface area (Å²) in [6.45, 7) is 1.72. The van der Waals surface area contributed by atoms with E-state index in [4.69, 9.17) is 4.74 Å². The van der Waals surface area contributed by atoms with Crippen LogP contribution in [0.25, 0.3) is 0 Å². The van der Waals surface area contributed by atoms with Crippen molar-refractivity contribution in [3.05, 3.63) is 60.9 Å². The van der Waals surface area contributed by atoms with Gasteiger partial charge in [-0.1, -0.05) is 0 Å². The fraction of sp³-hybridized carbons (Fsp3) is 0.200. The number of benzene rings is 1. The SMILES string of the molecule is COc1ccc(C(=O)Cn2cc(Br)cc(C)c2=O)cc1Br. The number of hydrogen-bond acceptors (Lipinski definition) is 3. The number of aryl methyl sites for hydroxylation is 1. The van der Waals surface area contributed by atoms with Crippen LogP contribution in [0.5, 0.6) is 5.75 Å². The Labute approximate surface area is 139 Å². The fourth-order valence-corrected chi connectivity index (χ4v) is 3.07. The lowest BCUT2D eigenvalue weighted by atomic mass is 10.1. The van der Waals surface area contributed by atoms with Crippen LogP contribution in [0.15, 0.2) is 44.2 Å². The van der Waals surface area contributed by atoms with Crippen molar-refractivity contribution in [1.82, 2.24) is 4.57 Å². The van der Waals surface area contributed by atoms with E-state index in [0.717, 1.165) is 4.47 Å². The van der Waals surface area contributed by atoms with E-state index >= 15 is 0 Å². The molecule has 2 rings (SSSR count). The number of halogens is 2. The van der Waals surface area contributed by atoms with Gasteiger partial charge in [0.25, 0.3) is 5.56 Å². The lowest BCUT2D eigenvalue weighted by molar-refractivity contribution is 0.0970. The average Bonchev–Trinajstić information content (AvgIpc) is 2.44. The average molecular weight is 415 g/mol. The summed E-state index contributed by atoms with van der Waals surface area (Å²) in [5.74, 6) is 0.514. The number of pyridine rings is 1. The lowest BCUT2D eigenvalue weighted by Gasteiger charge is -2.09. The maximum Gasteiger partial charge on any atom is 0.253 e. The van der Waals surface area contributed by atoms with E-state index in [9.17, 15) is 9.59 Å². The zero-order valence-corrected chi connectivity index (χ0v) is 14.7. The molecule has 1 aromatic carbocycles. The van der Waals surface area contributed by atoms with E-state index in [1.54, 1.807) is 44.5 Å². The summed E-state index contributed by atoms with van der Waals surface area (Å²) < 4.78 is 8.00. The molecule has 4 nitrogen and oxygen atoms in total. The molecule has 0 radical (unpaired) electrons. The van der Waals surface area contributed by atoms with Crippen molar-refractivity contribution in [2.45, 2.75) is 13.5 Å². The number of nitrogens with zero attached hydrogens (tertiary/aromatic N) is 1. The molecule has 0 N–H and O–H groups in total. The Balaban J connectivity index is 2.30. The molecule has 0 unspecified atom stereocenters. The highest BCUT2D eigenvalue weighted by Crippen LogP contribution is 2.25. The number of ketones is 1. The smallest absolute Gasteiger partial charge is 0.253 e. The van der Waals surface area contributed by atoms with Crippen LogP contribution in [0.3, 0.4) is 0 Å². The minimum Gasteiger partial charge on any atom is -0.496 e. The first kappa shape index (κ1) is 16.0. The van der Waals surface area contributed by atoms with Gasteiger partial charge in [-0.25, -0.2) is 0 Å². The number of aromatic nitrogens is 1. The van der Waals surface area contributed by atoms with Crippen LogP contribution >= 0.6 is 31.9 Å². The molecule has 0 saturated heterocycles. The van der Waals surface area contributed by atoms with Gasteiger partial charge >= 0.3 is 0 Å². The van der Waals surface area contributed by atoms with E-state index in [1.807, 2.05) is 0 Å². The summed E-state index contributed by atoms with van der Waals surface area (Å²) in [5.41, 5.74) is 0.944. The van der Waals surface area contributed by atoms with Crippen LogP contribution in [0.2, 0.25) is 0 Å². The molecule has 0 aliphatic heterocycles. The Bertz CT molecular complexity index is 753. The zero-order valence-electron chi connectivity index (χ0n) is 11.5. The van der Waals surface area contributed by atoms with Crippen molar-refractivity contribution in [1.29, 1.82) is 0 Å². The van der Waals surface area contributed by atoms with E-state index < -0.39 is 0 Å². The minimum atomic E-state index is -0.167. The highest BCUT2D eigenvalue weighted by Gasteiger charge is 2.11. The predicted octanol–water partition coefficient (Wildman–Crippen LogP) is 3.57. The molecule has 110 valence electrons. The fourth-order valence-electron chi connectivity index (χ4n) is 1.94. The van der Waals surface area contributed by atoms with Gasteiger partial charge in [-0.3, -0.25) is 9.59 Å². The number of methoxy groups -OCH3 is 1. The Kier molecular flexibility index (Phi) is 5.00. The number of carbonyl (C=O) groups is 1. The monoisotopic (exact) mass is 413 g/mol. The molecule has 0 aliphatic rings. The molecule has 21 heavy (non-hydrogen) atoms. The van der Waals surface area contributed by atoms with Crippen molar-refractivity contribution in [2.24, 2.45) is 0 Å². The zero-order chi connectivity index (χ0) is 15.6. The maximum atomic E-state index is 12.3. The van der Waals surface area contributed by atoms with Crippen molar-refractivity contribution in [3.63, 3.8) is 0 Å². The number of ether oxygens (including phenoxy) is 1. The van der Waals surface area contributed by atoms with Gasteiger partial charge in [0, 0.05) is 21.8 Å². The molecule has 1 heterocycles. The summed E-state index contributed by atoms with van der Waals surface area (Å²) in [5, 5.41) is 0. The molecule has 0 fully saturated rings. The third kappa shape index (κ3) is 3.63. The largest absolute Gasteiger partial charge is 0.496 e. The first-order chi connectivity index (χ1) is 9.92. The molecule has 0 bridgehead atoms.